The molecular weight excluding hydrogens is 910 g/mol. The van der Waals surface area contributed by atoms with Gasteiger partial charge in [-0.2, -0.15) is 59.9 Å². The molecule has 0 radical (unpaired) electrons. The number of aryl methyl sites for hydroxylation is 4. The van der Waals surface area contributed by atoms with Crippen molar-refractivity contribution in [1.82, 2.24) is 0 Å². The first-order chi connectivity index (χ1) is 25.3. The van der Waals surface area contributed by atoms with E-state index in [1.54, 1.807) is 7.11 Å². The van der Waals surface area contributed by atoms with Crippen LogP contribution < -0.4 is 29.0 Å². The van der Waals surface area contributed by atoms with Crippen LogP contribution in [0.4, 0.5) is 0 Å². The van der Waals surface area contributed by atoms with Gasteiger partial charge in [-0.3, -0.25) is 0 Å². The summed E-state index contributed by atoms with van der Waals surface area (Å²) in [5.74, 6) is 3.91. The summed E-state index contributed by atoms with van der Waals surface area (Å²) < 4.78 is 27.4. The molecule has 0 bridgehead atoms. The molecule has 0 fully saturated rings. The maximum absolute atomic E-state index is 9.20. The van der Waals surface area contributed by atoms with Crippen molar-refractivity contribution < 1.29 is 154 Å². The molecule has 0 aromatic heterocycles. The van der Waals surface area contributed by atoms with E-state index < -0.39 is 5.54 Å². The van der Waals surface area contributed by atoms with Gasteiger partial charge in [-0.15, -0.1) is 14.8 Å². The minimum absolute atomic E-state index is 0. The minimum atomic E-state index is -0.922. The van der Waals surface area contributed by atoms with Crippen molar-refractivity contribution in [2.45, 2.75) is 47.1 Å². The molecule has 56 heavy (non-hydrogen) atoms. The molecule has 0 saturated heterocycles. The summed E-state index contributed by atoms with van der Waals surface area (Å²) in [7, 11) is 8.93. The predicted molar refractivity (Wildman–Crippen MR) is 216 cm³/mol. The number of nitrogens with one attached hydrogen (secondary N) is 1. The van der Waals surface area contributed by atoms with Gasteiger partial charge in [0.05, 0.1) is 7.11 Å². The van der Waals surface area contributed by atoms with Crippen LogP contribution in [0.15, 0.2) is 84.9 Å². The van der Waals surface area contributed by atoms with Crippen LogP contribution in [0.25, 0.3) is 16.9 Å². The first-order valence-electron chi connectivity index (χ1n) is 17.2. The summed E-state index contributed by atoms with van der Waals surface area (Å²) >= 11 is 1.82. The van der Waals surface area contributed by atoms with Crippen molar-refractivity contribution in [2.75, 3.05) is 20.7 Å². The molecule has 5 aromatic rings. The third-order valence-corrected chi connectivity index (χ3v) is 9.59. The van der Waals surface area contributed by atoms with Crippen molar-refractivity contribution in [3.05, 3.63) is 150 Å². The SMILES string of the molecule is Cc1cc(C)cc(C)c1.[Ar].[Ar].[Ar].[CH2-][C@H](C(C)C)C([NH-])(c1[c-]cc(C)cc1)c1ccc(OC)cc1.[CH2-]c1ccc2c(c1-c1c(P)ccc3c1OCO3)OCO2.[Cl][Ru]. The fourth-order valence-corrected chi connectivity index (χ4v) is 6.78. The quantitative estimate of drug-likeness (QED) is 0.0963. The Bertz CT molecular complexity index is 1870. The van der Waals surface area contributed by atoms with Gasteiger partial charge in [0.2, 0.25) is 13.6 Å². The third kappa shape index (κ3) is 13.5. The van der Waals surface area contributed by atoms with Gasteiger partial charge < -0.3 is 36.3 Å². The van der Waals surface area contributed by atoms with E-state index in [1.807, 2.05) is 91.0 Å². The fraction of sp³-hybridized carbons (Fsp3) is 0.273. The van der Waals surface area contributed by atoms with Crippen LogP contribution in [0.1, 0.15) is 52.8 Å². The molecule has 7 rings (SSSR count). The van der Waals surface area contributed by atoms with E-state index in [0.717, 1.165) is 61.7 Å². The van der Waals surface area contributed by atoms with Gasteiger partial charge in [-0.25, -0.2) is 0 Å². The average Bonchev–Trinajstić information content (AvgIpc) is 3.83. The summed E-state index contributed by atoms with van der Waals surface area (Å²) in [6.07, 6.45) is 0. The molecule has 3 atom stereocenters. The Hall–Kier alpha value is 0.0526. The molecule has 5 aromatic carbocycles. The molecule has 0 saturated carbocycles. The molecule has 2 aliphatic rings. The van der Waals surface area contributed by atoms with E-state index in [1.165, 1.54) is 16.7 Å². The second-order valence-electron chi connectivity index (χ2n) is 13.4. The van der Waals surface area contributed by atoms with E-state index in [4.69, 9.17) is 23.7 Å². The zero-order chi connectivity index (χ0) is 38.9. The molecule has 2 aliphatic heterocycles. The topological polar surface area (TPSA) is 70.0 Å². The van der Waals surface area contributed by atoms with Crippen LogP contribution in [0.3, 0.4) is 0 Å². The van der Waals surface area contributed by atoms with Crippen molar-refractivity contribution in [3.63, 3.8) is 0 Å². The number of hydrogen-bond acceptors (Lipinski definition) is 5. The summed E-state index contributed by atoms with van der Waals surface area (Å²) in [5.41, 5.74) is 18.0. The van der Waals surface area contributed by atoms with Gasteiger partial charge in [0, 0.05) is 113 Å². The number of methoxy groups -OCH3 is 1. The average molecular weight is 958 g/mol. The van der Waals surface area contributed by atoms with Gasteiger partial charge in [0.1, 0.15) is 17.2 Å². The molecule has 0 aliphatic carbocycles. The second kappa shape index (κ2) is 25.7. The molecule has 2 heterocycles. The van der Waals surface area contributed by atoms with Gasteiger partial charge >= 0.3 is 27.0 Å². The molecule has 12 heteroatoms. The van der Waals surface area contributed by atoms with E-state index >= 15 is 0 Å². The van der Waals surface area contributed by atoms with Crippen LogP contribution in [0.5, 0.6) is 28.7 Å². The van der Waals surface area contributed by atoms with Gasteiger partial charge in [-0.05, 0) is 49.8 Å². The Morgan fingerprint density at radius 1 is 0.750 bits per heavy atom. The zero-order valence-electron chi connectivity index (χ0n) is 32.5. The zero-order valence-corrected chi connectivity index (χ0v) is 38.2. The van der Waals surface area contributed by atoms with Crippen molar-refractivity contribution in [1.29, 1.82) is 0 Å². The molecule has 307 valence electrons. The fourth-order valence-electron chi connectivity index (χ4n) is 6.41. The predicted octanol–water partition coefficient (Wildman–Crippen LogP) is 11.0. The summed E-state index contributed by atoms with van der Waals surface area (Å²) in [6.45, 7) is 21.5. The maximum atomic E-state index is 9.20. The van der Waals surface area contributed by atoms with Crippen LogP contribution in [0.2, 0.25) is 0 Å². The first kappa shape index (κ1) is 54.1. The molecule has 0 spiro atoms. The van der Waals surface area contributed by atoms with Gasteiger partial charge in [-0.1, -0.05) is 97.0 Å². The summed E-state index contributed by atoms with van der Waals surface area (Å²) in [5, 5.41) is 1.00. The Balaban J connectivity index is 0.000000427. The molecule has 1 N–H and O–H groups in total. The molecule has 0 amide bonds. The number of ether oxygens (including phenoxy) is 5. The number of halogens is 1. The van der Waals surface area contributed by atoms with Crippen LogP contribution in [0, 0.1) is 173 Å². The summed E-state index contributed by atoms with van der Waals surface area (Å²) in [6, 6.07) is 31.2. The van der Waals surface area contributed by atoms with Crippen molar-refractivity contribution >= 4 is 24.2 Å². The van der Waals surface area contributed by atoms with E-state index in [9.17, 15) is 5.73 Å². The third-order valence-electron chi connectivity index (χ3n) is 9.11. The van der Waals surface area contributed by atoms with Gasteiger partial charge in [0.25, 0.3) is 0 Å². The monoisotopic (exact) mass is 958 g/mol. The van der Waals surface area contributed by atoms with Crippen LogP contribution in [-0.2, 0) is 22.9 Å². The van der Waals surface area contributed by atoms with Gasteiger partial charge in [0.15, 0.2) is 11.5 Å². The van der Waals surface area contributed by atoms with Crippen LogP contribution in [-0.4, -0.2) is 20.7 Å². The van der Waals surface area contributed by atoms with E-state index in [-0.39, 0.29) is 139 Å². The Kier molecular flexibility index (Phi) is 24.9. The van der Waals surface area contributed by atoms with Crippen molar-refractivity contribution in [2.24, 2.45) is 11.8 Å². The number of benzene rings is 5. The van der Waals surface area contributed by atoms with E-state index in [0.29, 0.717) is 5.75 Å². The normalized spacial score (nSPS) is 12.9. The number of hydrogen-bond donors (Lipinski definition) is 0. The number of rotatable bonds is 6. The van der Waals surface area contributed by atoms with Crippen LogP contribution >= 0.6 is 18.9 Å². The first-order valence-corrected chi connectivity index (χ1v) is 20.0. The Labute approximate surface area is 441 Å². The Morgan fingerprint density at radius 2 is 1.25 bits per heavy atom. The molecule has 6 nitrogen and oxygen atoms in total. The Morgan fingerprint density at radius 3 is 1.71 bits per heavy atom. The van der Waals surface area contributed by atoms with Crippen molar-refractivity contribution in [3.8, 4) is 39.9 Å². The standard InChI is InChI=1S/C20H24NO.C15H12O4P.C9H12.3Ar.ClH.Ru/c1-14(2)16(4)20(21,17-8-6-15(3)7-9-17)18-10-12-19(22-5)13-11-18;1-8-2-3-9-14(18-6-16-9)12(8)13-11(20)5-4-10-15(13)19-7-17-10;1-7-4-8(2)6-9(3)5-7;;;;;/h6-8,10-14,16,21H,4H2,1-3,5H3;2-5H,1,6-7,20H2;4-6H,1-3H3;;;;1H;/q-3;-1;;;;;;+1/p-1/t16-,20?;;;;;;;/m1......./s1. The second-order valence-corrected chi connectivity index (χ2v) is 14.1. The van der Waals surface area contributed by atoms with E-state index in [2.05, 4.69) is 91.7 Å². The number of fused-ring (bicyclic) bond motifs is 2. The summed E-state index contributed by atoms with van der Waals surface area (Å²) in [4.78, 5) is 0. The molecular formula is C44H48Ar3ClNO5PRu-4. The molecule has 2 unspecified atom stereocenters.